The van der Waals surface area contributed by atoms with E-state index in [0.29, 0.717) is 0 Å². The number of esters is 1. The summed E-state index contributed by atoms with van der Waals surface area (Å²) in [6.45, 7) is 18.8. The lowest BCUT2D eigenvalue weighted by Crippen LogP contribution is -2.43. The quantitative estimate of drug-likeness (QED) is 0.420. The molecule has 0 aliphatic carbocycles. The van der Waals surface area contributed by atoms with Gasteiger partial charge in [0.1, 0.15) is 5.60 Å². The van der Waals surface area contributed by atoms with Gasteiger partial charge >= 0.3 is 5.97 Å². The molecule has 0 aromatic heterocycles. The molecule has 0 unspecified atom stereocenters. The summed E-state index contributed by atoms with van der Waals surface area (Å²) in [6.07, 6.45) is 4.18. The van der Waals surface area contributed by atoms with Crippen molar-refractivity contribution in [3.8, 4) is 0 Å². The summed E-state index contributed by atoms with van der Waals surface area (Å²) >= 11 is 0. The minimum Gasteiger partial charge on any atom is -0.457 e. The summed E-state index contributed by atoms with van der Waals surface area (Å²) in [7, 11) is -1.73. The third-order valence-corrected chi connectivity index (χ3v) is 8.03. The Bertz CT molecular complexity index is 346. The largest absolute Gasteiger partial charge is 0.457 e. The summed E-state index contributed by atoms with van der Waals surface area (Å²) < 4.78 is 11.4. The molecule has 0 fully saturated rings. The maximum Gasteiger partial charge on any atom is 0.330 e. The molecule has 118 valence electrons. The number of rotatable bonds is 5. The van der Waals surface area contributed by atoms with Crippen LogP contribution < -0.4 is 0 Å². The predicted molar refractivity (Wildman–Crippen MR) is 87.3 cm³/mol. The van der Waals surface area contributed by atoms with Gasteiger partial charge in [0, 0.05) is 12.2 Å². The first-order chi connectivity index (χ1) is 8.74. The van der Waals surface area contributed by atoms with E-state index in [4.69, 9.17) is 9.16 Å². The van der Waals surface area contributed by atoms with Crippen molar-refractivity contribution in [1.82, 2.24) is 0 Å². The fraction of sp³-hybridized carbons (Fsp3) is 0.812. The van der Waals surface area contributed by atoms with Crippen molar-refractivity contribution in [2.24, 2.45) is 0 Å². The van der Waals surface area contributed by atoms with Crippen molar-refractivity contribution in [2.75, 3.05) is 0 Å². The molecule has 0 radical (unpaired) electrons. The SMILES string of the molecule is C[C@@H](CC=CC(=O)OC(C)(C)C)O[Si](C)(C)C(C)(C)C. The lowest BCUT2D eigenvalue weighted by molar-refractivity contribution is -0.148. The molecule has 0 saturated carbocycles. The molecule has 0 aliphatic rings. The third kappa shape index (κ3) is 7.85. The Hall–Kier alpha value is -0.613. The molecule has 0 aliphatic heterocycles. The van der Waals surface area contributed by atoms with Crippen LogP contribution in [-0.4, -0.2) is 26.0 Å². The highest BCUT2D eigenvalue weighted by atomic mass is 28.4. The number of ether oxygens (including phenoxy) is 1. The van der Waals surface area contributed by atoms with Crippen LogP contribution in [-0.2, 0) is 14.0 Å². The summed E-state index contributed by atoms with van der Waals surface area (Å²) in [5, 5.41) is 0.205. The van der Waals surface area contributed by atoms with Gasteiger partial charge in [-0.15, -0.1) is 0 Å². The Kier molecular flexibility index (Phi) is 6.69. The Labute approximate surface area is 125 Å². The number of carbonyl (C=O) groups is 1. The highest BCUT2D eigenvalue weighted by Crippen LogP contribution is 2.37. The molecule has 0 aromatic carbocycles. The first-order valence-corrected chi connectivity index (χ1v) is 10.2. The van der Waals surface area contributed by atoms with Crippen molar-refractivity contribution < 1.29 is 14.0 Å². The molecule has 0 aromatic rings. The summed E-state index contributed by atoms with van der Waals surface area (Å²) in [4.78, 5) is 11.5. The molecular formula is C16H32O3Si. The van der Waals surface area contributed by atoms with Gasteiger partial charge in [0.2, 0.25) is 0 Å². The van der Waals surface area contributed by atoms with Crippen LogP contribution in [0.25, 0.3) is 0 Å². The van der Waals surface area contributed by atoms with E-state index in [1.807, 2.05) is 26.8 Å². The molecule has 0 rings (SSSR count). The lowest BCUT2D eigenvalue weighted by Gasteiger charge is -2.38. The van der Waals surface area contributed by atoms with Gasteiger partial charge in [-0.2, -0.15) is 0 Å². The van der Waals surface area contributed by atoms with Crippen molar-refractivity contribution in [1.29, 1.82) is 0 Å². The van der Waals surface area contributed by atoms with E-state index in [0.717, 1.165) is 6.42 Å². The monoisotopic (exact) mass is 300 g/mol. The van der Waals surface area contributed by atoms with E-state index in [1.54, 1.807) is 0 Å². The summed E-state index contributed by atoms with van der Waals surface area (Å²) in [6, 6.07) is 0. The summed E-state index contributed by atoms with van der Waals surface area (Å²) in [5.41, 5.74) is -0.440. The fourth-order valence-electron chi connectivity index (χ4n) is 1.42. The minimum atomic E-state index is -1.73. The van der Waals surface area contributed by atoms with Crippen LogP contribution in [0.2, 0.25) is 18.1 Å². The first-order valence-electron chi connectivity index (χ1n) is 7.32. The van der Waals surface area contributed by atoms with E-state index in [1.165, 1.54) is 6.08 Å². The topological polar surface area (TPSA) is 35.5 Å². The van der Waals surface area contributed by atoms with E-state index >= 15 is 0 Å². The van der Waals surface area contributed by atoms with Crippen LogP contribution in [0.15, 0.2) is 12.2 Å². The van der Waals surface area contributed by atoms with Gasteiger partial charge < -0.3 is 9.16 Å². The number of hydrogen-bond donors (Lipinski definition) is 0. The summed E-state index contributed by atoms with van der Waals surface area (Å²) in [5.74, 6) is -0.294. The maximum absolute atomic E-state index is 11.5. The zero-order chi connectivity index (χ0) is 16.2. The van der Waals surface area contributed by atoms with Gasteiger partial charge in [-0.3, -0.25) is 0 Å². The molecule has 0 saturated heterocycles. The van der Waals surface area contributed by atoms with E-state index in [9.17, 15) is 4.79 Å². The van der Waals surface area contributed by atoms with Crippen LogP contribution in [0.3, 0.4) is 0 Å². The highest BCUT2D eigenvalue weighted by molar-refractivity contribution is 6.74. The van der Waals surface area contributed by atoms with Crippen molar-refractivity contribution in [3.63, 3.8) is 0 Å². The van der Waals surface area contributed by atoms with Crippen LogP contribution in [0.1, 0.15) is 54.9 Å². The van der Waals surface area contributed by atoms with Gasteiger partial charge in [-0.1, -0.05) is 26.8 Å². The van der Waals surface area contributed by atoms with E-state index < -0.39 is 13.9 Å². The van der Waals surface area contributed by atoms with Crippen molar-refractivity contribution in [2.45, 2.75) is 84.7 Å². The van der Waals surface area contributed by atoms with Gasteiger partial charge in [-0.05, 0) is 52.2 Å². The molecule has 0 amide bonds. The molecule has 3 nitrogen and oxygen atoms in total. The lowest BCUT2D eigenvalue weighted by atomic mass is 10.2. The Morgan fingerprint density at radius 3 is 2.05 bits per heavy atom. The smallest absolute Gasteiger partial charge is 0.330 e. The molecule has 1 atom stereocenters. The van der Waals surface area contributed by atoms with Crippen molar-refractivity contribution in [3.05, 3.63) is 12.2 Å². The number of carbonyl (C=O) groups excluding carboxylic acids is 1. The Morgan fingerprint density at radius 2 is 1.65 bits per heavy atom. The molecule has 0 N–H and O–H groups in total. The highest BCUT2D eigenvalue weighted by Gasteiger charge is 2.38. The standard InChI is InChI=1S/C16H32O3Si/c1-13(19-20(8,9)16(5,6)7)11-10-12-14(17)18-15(2,3)4/h10,12-13H,11H2,1-9H3/t13-/m0/s1. The van der Waals surface area contributed by atoms with Crippen molar-refractivity contribution >= 4 is 14.3 Å². The number of hydrogen-bond acceptors (Lipinski definition) is 3. The average molecular weight is 301 g/mol. The molecular weight excluding hydrogens is 268 g/mol. The second-order valence-electron chi connectivity index (χ2n) is 7.86. The Balaban J connectivity index is 4.31. The van der Waals surface area contributed by atoms with Gasteiger partial charge in [0.15, 0.2) is 8.32 Å². The zero-order valence-electron chi connectivity index (χ0n) is 14.7. The van der Waals surface area contributed by atoms with Crippen LogP contribution in [0, 0.1) is 0 Å². The molecule has 0 spiro atoms. The second kappa shape index (κ2) is 6.90. The van der Waals surface area contributed by atoms with Crippen LogP contribution in [0.4, 0.5) is 0 Å². The van der Waals surface area contributed by atoms with Gasteiger partial charge in [0.05, 0.1) is 0 Å². The van der Waals surface area contributed by atoms with Crippen LogP contribution in [0.5, 0.6) is 0 Å². The zero-order valence-corrected chi connectivity index (χ0v) is 15.7. The van der Waals surface area contributed by atoms with E-state index in [2.05, 4.69) is 40.8 Å². The predicted octanol–water partition coefficient (Wildman–Crippen LogP) is 4.68. The first kappa shape index (κ1) is 19.4. The Morgan fingerprint density at radius 1 is 1.15 bits per heavy atom. The third-order valence-electron chi connectivity index (χ3n) is 3.43. The molecule has 20 heavy (non-hydrogen) atoms. The average Bonchev–Trinajstić information content (AvgIpc) is 2.11. The molecule has 0 heterocycles. The maximum atomic E-state index is 11.5. The van der Waals surface area contributed by atoms with Gasteiger partial charge in [-0.25, -0.2) is 4.79 Å². The normalized spacial score (nSPS) is 15.4. The van der Waals surface area contributed by atoms with E-state index in [-0.39, 0.29) is 17.1 Å². The fourth-order valence-corrected chi connectivity index (χ4v) is 2.88. The minimum absolute atomic E-state index is 0.120. The van der Waals surface area contributed by atoms with Crippen LogP contribution >= 0.6 is 0 Å². The van der Waals surface area contributed by atoms with Gasteiger partial charge in [0.25, 0.3) is 0 Å². The second-order valence-corrected chi connectivity index (χ2v) is 12.6. The molecule has 0 bridgehead atoms. The molecule has 4 heteroatoms.